The number of rotatable bonds is 9. The highest BCUT2D eigenvalue weighted by atomic mass is 32.2. The summed E-state index contributed by atoms with van der Waals surface area (Å²) in [4.78, 5) is 23.0. The second-order valence-corrected chi connectivity index (χ2v) is 6.51. The second kappa shape index (κ2) is 9.68. The number of phenols is 1. The fourth-order valence-corrected chi connectivity index (χ4v) is 3.08. The van der Waals surface area contributed by atoms with Crippen molar-refractivity contribution < 1.29 is 29.3 Å². The number of phenolic OH excluding ortho intramolecular Hbond substituents is 1. The first-order valence-corrected chi connectivity index (χ1v) is 9.14. The third kappa shape index (κ3) is 5.79. The molecule has 0 aromatic heterocycles. The van der Waals surface area contributed by atoms with Crippen LogP contribution in [0.1, 0.15) is 21.5 Å². The molecule has 0 aliphatic heterocycles. The number of benzene rings is 2. The number of hydrogen-bond donors (Lipinski definition) is 1. The van der Waals surface area contributed by atoms with Gasteiger partial charge in [-0.05, 0) is 42.0 Å². The molecule has 7 heteroatoms. The van der Waals surface area contributed by atoms with Crippen LogP contribution in [-0.4, -0.2) is 36.8 Å². The Kier molecular flexibility index (Phi) is 7.31. The molecule has 2 aromatic rings. The lowest BCUT2D eigenvalue weighted by molar-refractivity contribution is -0.301. The molecule has 0 fully saturated rings. The van der Waals surface area contributed by atoms with Crippen LogP contribution in [0.3, 0.4) is 0 Å². The van der Waals surface area contributed by atoms with Crippen molar-refractivity contribution in [1.29, 1.82) is 0 Å². The molecule has 0 atom stereocenters. The third-order valence-corrected chi connectivity index (χ3v) is 4.63. The summed E-state index contributed by atoms with van der Waals surface area (Å²) >= 11 is 1.17. The van der Waals surface area contributed by atoms with E-state index in [9.17, 15) is 19.8 Å². The maximum absolute atomic E-state index is 12.4. The zero-order chi connectivity index (χ0) is 19.8. The first kappa shape index (κ1) is 20.4. The number of hydrogen-bond acceptors (Lipinski definition) is 7. The summed E-state index contributed by atoms with van der Waals surface area (Å²) in [6, 6.07) is 9.83. The minimum Gasteiger partial charge on any atom is -0.549 e. The number of carbonyl (C=O) groups excluding carboxylic acids is 2. The maximum Gasteiger partial charge on any atom is 0.185 e. The molecule has 1 N–H and O–H groups in total. The summed E-state index contributed by atoms with van der Waals surface area (Å²) in [5.41, 5.74) is 1.83. The van der Waals surface area contributed by atoms with Crippen molar-refractivity contribution in [3.05, 3.63) is 59.2 Å². The number of methoxy groups -OCH3 is 2. The largest absolute Gasteiger partial charge is 0.549 e. The van der Waals surface area contributed by atoms with Gasteiger partial charge in [0.1, 0.15) is 5.75 Å². The molecule has 0 bridgehead atoms. The van der Waals surface area contributed by atoms with E-state index in [1.807, 2.05) is 0 Å². The van der Waals surface area contributed by atoms with E-state index < -0.39 is 5.97 Å². The van der Waals surface area contributed by atoms with Crippen molar-refractivity contribution in [2.24, 2.45) is 0 Å². The fraction of sp³-hybridized carbons (Fsp3) is 0.200. The van der Waals surface area contributed by atoms with Gasteiger partial charge in [-0.25, -0.2) is 0 Å². The molecule has 0 aliphatic carbocycles. The Hall–Kier alpha value is -2.93. The molecule has 0 amide bonds. The number of ketones is 1. The lowest BCUT2D eigenvalue weighted by atomic mass is 10.1. The van der Waals surface area contributed by atoms with Gasteiger partial charge in [-0.1, -0.05) is 12.1 Å². The number of ether oxygens (including phenoxy) is 2. The highest BCUT2D eigenvalue weighted by Gasteiger charge is 2.09. The van der Waals surface area contributed by atoms with E-state index in [1.54, 1.807) is 36.4 Å². The molecule has 0 saturated carbocycles. The summed E-state index contributed by atoms with van der Waals surface area (Å²) in [6.45, 7) is 0. The van der Waals surface area contributed by atoms with E-state index in [0.29, 0.717) is 28.4 Å². The molecule has 0 radical (unpaired) electrons. The lowest BCUT2D eigenvalue weighted by Crippen LogP contribution is -2.24. The van der Waals surface area contributed by atoms with Gasteiger partial charge in [0, 0.05) is 22.6 Å². The number of carbonyl (C=O) groups is 2. The Morgan fingerprint density at radius 2 is 1.81 bits per heavy atom. The van der Waals surface area contributed by atoms with Crippen molar-refractivity contribution in [3.8, 4) is 17.2 Å². The molecule has 0 heterocycles. The second-order valence-electron chi connectivity index (χ2n) is 5.52. The molecule has 27 heavy (non-hydrogen) atoms. The minimum atomic E-state index is -1.14. The molecule has 2 rings (SSSR count). The van der Waals surface area contributed by atoms with Gasteiger partial charge >= 0.3 is 0 Å². The molecule has 142 valence electrons. The quantitative estimate of drug-likeness (QED) is 0.521. The predicted octanol–water partition coefficient (Wildman–Crippen LogP) is 2.29. The zero-order valence-electron chi connectivity index (χ0n) is 14.9. The van der Waals surface area contributed by atoms with Crippen molar-refractivity contribution in [3.63, 3.8) is 0 Å². The van der Waals surface area contributed by atoms with Gasteiger partial charge in [0.2, 0.25) is 0 Å². The van der Waals surface area contributed by atoms with E-state index in [0.717, 1.165) is 5.56 Å². The molecule has 0 unspecified atom stereocenters. The zero-order valence-corrected chi connectivity index (χ0v) is 15.7. The highest BCUT2D eigenvalue weighted by Crippen LogP contribution is 2.27. The van der Waals surface area contributed by atoms with Crippen LogP contribution < -0.4 is 14.6 Å². The van der Waals surface area contributed by atoms with Crippen molar-refractivity contribution in [1.82, 2.24) is 0 Å². The van der Waals surface area contributed by atoms with Gasteiger partial charge in [-0.2, -0.15) is 11.8 Å². The Morgan fingerprint density at radius 3 is 2.44 bits per heavy atom. The van der Waals surface area contributed by atoms with Crippen LogP contribution in [-0.2, 0) is 10.5 Å². The topological polar surface area (TPSA) is 95.9 Å². The van der Waals surface area contributed by atoms with Gasteiger partial charge in [0.05, 0.1) is 20.2 Å². The third-order valence-electron chi connectivity index (χ3n) is 3.67. The summed E-state index contributed by atoms with van der Waals surface area (Å²) in [6.07, 6.45) is 3.00. The normalized spacial score (nSPS) is 10.7. The number of thioether (sulfide) groups is 1. The number of carboxylic acid groups (broad SMARTS) is 1. The van der Waals surface area contributed by atoms with Crippen LogP contribution in [0.2, 0.25) is 0 Å². The van der Waals surface area contributed by atoms with Gasteiger partial charge in [0.15, 0.2) is 17.3 Å². The highest BCUT2D eigenvalue weighted by molar-refractivity contribution is 7.99. The molecule has 0 saturated heterocycles. The first-order chi connectivity index (χ1) is 12.9. The standard InChI is InChI=1S/C20H20O6S/c1-25-18-8-5-14(10-15(18)11-27-12-20(23)24)16(21)6-3-13-4-7-19(26-2)17(22)9-13/h3-10,22H,11-12H2,1-2H3,(H,23,24)/p-1/b6-3+. The summed E-state index contributed by atoms with van der Waals surface area (Å²) in [5.74, 6) is -0.190. The van der Waals surface area contributed by atoms with Crippen LogP contribution in [0.15, 0.2) is 42.5 Å². The average molecular weight is 387 g/mol. The Labute approximate surface area is 161 Å². The van der Waals surface area contributed by atoms with Crippen molar-refractivity contribution >= 4 is 29.6 Å². The molecule has 0 spiro atoms. The first-order valence-electron chi connectivity index (χ1n) is 7.98. The fourth-order valence-electron chi connectivity index (χ4n) is 2.37. The van der Waals surface area contributed by atoms with Crippen LogP contribution >= 0.6 is 11.8 Å². The van der Waals surface area contributed by atoms with E-state index in [1.165, 1.54) is 38.1 Å². The van der Waals surface area contributed by atoms with Gasteiger partial charge in [-0.3, -0.25) is 4.79 Å². The Balaban J connectivity index is 2.15. The molecular weight excluding hydrogens is 368 g/mol. The average Bonchev–Trinajstić information content (AvgIpc) is 2.65. The molecule has 6 nitrogen and oxygen atoms in total. The number of allylic oxidation sites excluding steroid dienone is 1. The number of aromatic hydroxyl groups is 1. The number of aliphatic carboxylic acids is 1. The minimum absolute atomic E-state index is 0.0104. The molecule has 2 aromatic carbocycles. The predicted molar refractivity (Wildman–Crippen MR) is 102 cm³/mol. The van der Waals surface area contributed by atoms with E-state index >= 15 is 0 Å². The Bertz CT molecular complexity index is 860. The number of carboxylic acids is 1. The molecule has 0 aliphatic rings. The monoisotopic (exact) mass is 387 g/mol. The van der Waals surface area contributed by atoms with E-state index in [-0.39, 0.29) is 17.3 Å². The molecular formula is C20H19O6S-. The van der Waals surface area contributed by atoms with Gasteiger partial charge < -0.3 is 24.5 Å². The maximum atomic E-state index is 12.4. The van der Waals surface area contributed by atoms with E-state index in [2.05, 4.69) is 0 Å². The van der Waals surface area contributed by atoms with Crippen LogP contribution in [0, 0.1) is 0 Å². The van der Waals surface area contributed by atoms with Gasteiger partial charge in [-0.15, -0.1) is 0 Å². The lowest BCUT2D eigenvalue weighted by Gasteiger charge is -2.10. The smallest absolute Gasteiger partial charge is 0.185 e. The summed E-state index contributed by atoms with van der Waals surface area (Å²) in [7, 11) is 2.97. The van der Waals surface area contributed by atoms with Crippen molar-refractivity contribution in [2.75, 3.05) is 20.0 Å². The summed E-state index contributed by atoms with van der Waals surface area (Å²) < 4.78 is 10.2. The summed E-state index contributed by atoms with van der Waals surface area (Å²) in [5, 5.41) is 20.3. The Morgan fingerprint density at radius 1 is 1.11 bits per heavy atom. The van der Waals surface area contributed by atoms with Gasteiger partial charge in [0.25, 0.3) is 0 Å². The van der Waals surface area contributed by atoms with E-state index in [4.69, 9.17) is 9.47 Å². The van der Waals surface area contributed by atoms with Crippen LogP contribution in [0.4, 0.5) is 0 Å². The SMILES string of the molecule is COc1ccc(/C=C/C(=O)c2ccc(OC)c(CSCC(=O)[O-])c2)cc1O. The van der Waals surface area contributed by atoms with Crippen molar-refractivity contribution in [2.45, 2.75) is 5.75 Å². The van der Waals surface area contributed by atoms with Crippen LogP contribution in [0.5, 0.6) is 17.2 Å². The van der Waals surface area contributed by atoms with Crippen LogP contribution in [0.25, 0.3) is 6.08 Å².